The van der Waals surface area contributed by atoms with E-state index in [2.05, 4.69) is 27.9 Å². The lowest BCUT2D eigenvalue weighted by atomic mass is 10.0. The van der Waals surface area contributed by atoms with E-state index >= 15 is 0 Å². The van der Waals surface area contributed by atoms with Crippen LogP contribution in [-0.2, 0) is 0 Å². The number of hydrogen-bond donors (Lipinski definition) is 0. The van der Waals surface area contributed by atoms with Gasteiger partial charge in [0.1, 0.15) is 6.26 Å². The van der Waals surface area contributed by atoms with Crippen molar-refractivity contribution in [3.63, 3.8) is 0 Å². The van der Waals surface area contributed by atoms with Crippen molar-refractivity contribution < 1.29 is 9.21 Å². The normalized spacial score (nSPS) is 28.2. The van der Waals surface area contributed by atoms with Crippen LogP contribution in [0, 0.1) is 0 Å². The molecule has 0 aliphatic carbocycles. The Morgan fingerprint density at radius 2 is 2.05 bits per heavy atom. The number of carbonyl (C=O) groups is 1. The predicted octanol–water partition coefficient (Wildman–Crippen LogP) is 2.74. The first-order valence-corrected chi connectivity index (χ1v) is 7.71. The SMILES string of the molecule is CN1CCC[C@H]1[C@H]1CCCN1C(=O)c1coc(Br)c1. The van der Waals surface area contributed by atoms with Gasteiger partial charge >= 0.3 is 0 Å². The molecule has 4 nitrogen and oxygen atoms in total. The van der Waals surface area contributed by atoms with Gasteiger partial charge in [-0.1, -0.05) is 0 Å². The number of nitrogens with zero attached hydrogens (tertiary/aromatic N) is 2. The summed E-state index contributed by atoms with van der Waals surface area (Å²) in [5.41, 5.74) is 0.652. The first-order chi connectivity index (χ1) is 9.16. The van der Waals surface area contributed by atoms with E-state index in [1.165, 1.54) is 12.8 Å². The average Bonchev–Trinajstić information content (AvgIpc) is 3.07. The van der Waals surface area contributed by atoms with Crippen LogP contribution in [0.5, 0.6) is 0 Å². The first kappa shape index (κ1) is 13.2. The van der Waals surface area contributed by atoms with Gasteiger partial charge in [-0.15, -0.1) is 0 Å². The van der Waals surface area contributed by atoms with Crippen molar-refractivity contribution in [1.29, 1.82) is 0 Å². The lowest BCUT2D eigenvalue weighted by Crippen LogP contribution is -2.47. The number of rotatable bonds is 2. The summed E-state index contributed by atoms with van der Waals surface area (Å²) in [6.45, 7) is 2.02. The first-order valence-electron chi connectivity index (χ1n) is 6.92. The molecule has 3 rings (SSSR count). The molecule has 0 saturated carbocycles. The largest absolute Gasteiger partial charge is 0.457 e. The van der Waals surface area contributed by atoms with E-state index in [0.717, 1.165) is 25.9 Å². The van der Waals surface area contributed by atoms with Gasteiger partial charge in [-0.2, -0.15) is 0 Å². The Balaban J connectivity index is 1.77. The van der Waals surface area contributed by atoms with Gasteiger partial charge in [0, 0.05) is 24.7 Å². The third-order valence-corrected chi connectivity index (χ3v) is 4.81. The number of carbonyl (C=O) groups excluding carboxylic acids is 1. The lowest BCUT2D eigenvalue weighted by molar-refractivity contribution is 0.0664. The Morgan fingerprint density at radius 1 is 1.32 bits per heavy atom. The van der Waals surface area contributed by atoms with E-state index < -0.39 is 0 Å². The molecule has 0 unspecified atom stereocenters. The summed E-state index contributed by atoms with van der Waals surface area (Å²) >= 11 is 3.25. The van der Waals surface area contributed by atoms with Gasteiger partial charge in [-0.05, 0) is 55.2 Å². The summed E-state index contributed by atoms with van der Waals surface area (Å²) in [4.78, 5) is 17.0. The molecule has 19 heavy (non-hydrogen) atoms. The monoisotopic (exact) mass is 326 g/mol. The maximum atomic E-state index is 12.6. The van der Waals surface area contributed by atoms with Crippen molar-refractivity contribution in [2.75, 3.05) is 20.1 Å². The number of likely N-dealkylation sites (N-methyl/N-ethyl adjacent to an activating group) is 1. The zero-order valence-electron chi connectivity index (χ0n) is 11.1. The molecule has 2 aliphatic heterocycles. The molecule has 0 spiro atoms. The third-order valence-electron chi connectivity index (χ3n) is 4.40. The minimum absolute atomic E-state index is 0.109. The van der Waals surface area contributed by atoms with Gasteiger partial charge in [-0.25, -0.2) is 0 Å². The predicted molar refractivity (Wildman–Crippen MR) is 76.1 cm³/mol. The molecule has 1 aromatic heterocycles. The third kappa shape index (κ3) is 2.46. The van der Waals surface area contributed by atoms with Crippen LogP contribution in [0.1, 0.15) is 36.0 Å². The Bertz CT molecular complexity index is 474. The number of furan rings is 1. The molecule has 2 saturated heterocycles. The molecular formula is C14H19BrN2O2. The molecule has 1 amide bonds. The topological polar surface area (TPSA) is 36.7 Å². The van der Waals surface area contributed by atoms with E-state index in [1.807, 2.05) is 4.90 Å². The summed E-state index contributed by atoms with van der Waals surface area (Å²) < 4.78 is 5.80. The molecule has 0 radical (unpaired) electrons. The van der Waals surface area contributed by atoms with Gasteiger partial charge in [-0.3, -0.25) is 4.79 Å². The minimum atomic E-state index is 0.109. The Labute approximate surface area is 121 Å². The molecule has 2 atom stereocenters. The van der Waals surface area contributed by atoms with E-state index in [4.69, 9.17) is 4.42 Å². The van der Waals surface area contributed by atoms with Crippen molar-refractivity contribution in [3.05, 3.63) is 22.6 Å². The highest BCUT2D eigenvalue weighted by Crippen LogP contribution is 2.30. The highest BCUT2D eigenvalue weighted by molar-refractivity contribution is 9.10. The second-order valence-electron chi connectivity index (χ2n) is 5.54. The smallest absolute Gasteiger partial charge is 0.257 e. The van der Waals surface area contributed by atoms with Crippen molar-refractivity contribution in [1.82, 2.24) is 9.80 Å². The number of halogens is 1. The molecule has 5 heteroatoms. The van der Waals surface area contributed by atoms with Crippen molar-refractivity contribution >= 4 is 21.8 Å². The van der Waals surface area contributed by atoms with Crippen LogP contribution >= 0.6 is 15.9 Å². The Morgan fingerprint density at radius 3 is 2.68 bits per heavy atom. The maximum absolute atomic E-state index is 12.6. The van der Waals surface area contributed by atoms with E-state index in [9.17, 15) is 4.79 Å². The van der Waals surface area contributed by atoms with Crippen LogP contribution in [0.2, 0.25) is 0 Å². The fourth-order valence-corrected chi connectivity index (χ4v) is 3.79. The van der Waals surface area contributed by atoms with Gasteiger partial charge < -0.3 is 14.2 Å². The van der Waals surface area contributed by atoms with Gasteiger partial charge in [0.05, 0.1) is 5.56 Å². The summed E-state index contributed by atoms with van der Waals surface area (Å²) in [5, 5.41) is 0. The molecule has 0 aromatic carbocycles. The molecular weight excluding hydrogens is 308 g/mol. The van der Waals surface area contributed by atoms with E-state index in [0.29, 0.717) is 22.3 Å². The molecule has 2 aliphatic rings. The molecule has 0 N–H and O–H groups in total. The molecule has 0 bridgehead atoms. The maximum Gasteiger partial charge on any atom is 0.257 e. The second-order valence-corrected chi connectivity index (χ2v) is 6.32. The number of likely N-dealkylation sites (tertiary alicyclic amines) is 2. The standard InChI is InChI=1S/C14H19BrN2O2/c1-16-6-2-4-11(16)12-5-3-7-17(12)14(18)10-8-13(15)19-9-10/h8-9,11-12H,2-7H2,1H3/t11-,12+/m0/s1. The molecule has 3 heterocycles. The van der Waals surface area contributed by atoms with Crippen LogP contribution in [0.3, 0.4) is 0 Å². The average molecular weight is 327 g/mol. The van der Waals surface area contributed by atoms with Gasteiger partial charge in [0.2, 0.25) is 0 Å². The second kappa shape index (κ2) is 5.29. The van der Waals surface area contributed by atoms with Crippen LogP contribution < -0.4 is 0 Å². The highest BCUT2D eigenvalue weighted by Gasteiger charge is 2.38. The fraction of sp³-hybridized carbons (Fsp3) is 0.643. The summed E-state index contributed by atoms with van der Waals surface area (Å²) in [5.74, 6) is 0.109. The number of hydrogen-bond acceptors (Lipinski definition) is 3. The number of amides is 1. The molecule has 104 valence electrons. The Kier molecular flexibility index (Phi) is 3.67. The van der Waals surface area contributed by atoms with Crippen LogP contribution in [0.4, 0.5) is 0 Å². The summed E-state index contributed by atoms with van der Waals surface area (Å²) in [6.07, 6.45) is 6.23. The van der Waals surface area contributed by atoms with E-state index in [1.54, 1.807) is 12.3 Å². The van der Waals surface area contributed by atoms with Gasteiger partial charge in [0.25, 0.3) is 5.91 Å². The van der Waals surface area contributed by atoms with Crippen LogP contribution in [-0.4, -0.2) is 47.9 Å². The van der Waals surface area contributed by atoms with Crippen LogP contribution in [0.15, 0.2) is 21.4 Å². The van der Waals surface area contributed by atoms with Crippen LogP contribution in [0.25, 0.3) is 0 Å². The summed E-state index contributed by atoms with van der Waals surface area (Å²) in [6, 6.07) is 2.66. The quantitative estimate of drug-likeness (QED) is 0.838. The lowest BCUT2D eigenvalue weighted by Gasteiger charge is -2.33. The van der Waals surface area contributed by atoms with Gasteiger partial charge in [0.15, 0.2) is 4.67 Å². The fourth-order valence-electron chi connectivity index (χ4n) is 3.45. The van der Waals surface area contributed by atoms with Crippen molar-refractivity contribution in [3.8, 4) is 0 Å². The zero-order chi connectivity index (χ0) is 13.4. The minimum Gasteiger partial charge on any atom is -0.457 e. The van der Waals surface area contributed by atoms with E-state index in [-0.39, 0.29) is 5.91 Å². The highest BCUT2D eigenvalue weighted by atomic mass is 79.9. The zero-order valence-corrected chi connectivity index (χ0v) is 12.7. The molecule has 1 aromatic rings. The molecule has 2 fully saturated rings. The summed E-state index contributed by atoms with van der Waals surface area (Å²) in [7, 11) is 2.17. The Hall–Kier alpha value is -0.810. The van der Waals surface area contributed by atoms with Crippen molar-refractivity contribution in [2.45, 2.75) is 37.8 Å². The van der Waals surface area contributed by atoms with Crippen molar-refractivity contribution in [2.24, 2.45) is 0 Å².